The van der Waals surface area contributed by atoms with Crippen LogP contribution in [0.2, 0.25) is 0 Å². The third kappa shape index (κ3) is 2.86. The molecule has 7 nitrogen and oxygen atoms in total. The van der Waals surface area contributed by atoms with Gasteiger partial charge < -0.3 is 27.8 Å². The lowest BCUT2D eigenvalue weighted by atomic mass is 10.1. The van der Waals surface area contributed by atoms with E-state index in [4.69, 9.17) is 27.8 Å². The van der Waals surface area contributed by atoms with Gasteiger partial charge in [-0.3, -0.25) is 0 Å². The molecule has 2 aliphatic heterocycles. The van der Waals surface area contributed by atoms with Crippen molar-refractivity contribution in [3.63, 3.8) is 0 Å². The second kappa shape index (κ2) is 5.75. The number of furan rings is 1. The van der Waals surface area contributed by atoms with Crippen LogP contribution in [0.15, 0.2) is 38.1 Å². The lowest BCUT2D eigenvalue weighted by Crippen LogP contribution is -2.14. The maximum atomic E-state index is 11.9. The SMILES string of the molecule is CC1(C)O[C@H]1COc1c2occc2c(OC[C@H]2OC2(C)C)c2ccc(=O)oc12. The minimum atomic E-state index is -0.469. The molecule has 0 amide bonds. The summed E-state index contributed by atoms with van der Waals surface area (Å²) in [6.07, 6.45) is 1.56. The van der Waals surface area contributed by atoms with E-state index in [-0.39, 0.29) is 23.4 Å². The van der Waals surface area contributed by atoms with Crippen molar-refractivity contribution in [1.82, 2.24) is 0 Å². The third-order valence-corrected chi connectivity index (χ3v) is 5.49. The monoisotopic (exact) mass is 386 g/mol. The molecule has 0 aliphatic carbocycles. The highest BCUT2D eigenvalue weighted by molar-refractivity contribution is 6.06. The van der Waals surface area contributed by atoms with E-state index < -0.39 is 5.63 Å². The Hall–Kier alpha value is -2.51. The number of epoxide rings is 2. The lowest BCUT2D eigenvalue weighted by molar-refractivity contribution is 0.252. The van der Waals surface area contributed by atoms with Gasteiger partial charge in [0.2, 0.25) is 5.75 Å². The number of rotatable bonds is 6. The van der Waals surface area contributed by atoms with E-state index in [0.717, 1.165) is 5.39 Å². The van der Waals surface area contributed by atoms with Gasteiger partial charge in [0, 0.05) is 6.07 Å². The van der Waals surface area contributed by atoms with Crippen molar-refractivity contribution in [2.24, 2.45) is 0 Å². The van der Waals surface area contributed by atoms with E-state index >= 15 is 0 Å². The molecule has 0 unspecified atom stereocenters. The van der Waals surface area contributed by atoms with Crippen LogP contribution in [0.3, 0.4) is 0 Å². The first kappa shape index (κ1) is 17.6. The van der Waals surface area contributed by atoms with Crippen molar-refractivity contribution in [2.75, 3.05) is 13.2 Å². The smallest absolute Gasteiger partial charge is 0.336 e. The fourth-order valence-electron chi connectivity index (χ4n) is 3.42. The van der Waals surface area contributed by atoms with Gasteiger partial charge >= 0.3 is 5.63 Å². The van der Waals surface area contributed by atoms with Crippen molar-refractivity contribution in [3.05, 3.63) is 34.9 Å². The van der Waals surface area contributed by atoms with Crippen LogP contribution in [0.25, 0.3) is 21.9 Å². The average molecular weight is 386 g/mol. The molecule has 0 bridgehead atoms. The first-order valence-corrected chi connectivity index (χ1v) is 9.34. The summed E-state index contributed by atoms with van der Waals surface area (Å²) in [5, 5.41) is 1.41. The van der Waals surface area contributed by atoms with Crippen LogP contribution in [-0.2, 0) is 9.47 Å². The standard InChI is InChI=1S/C21H22O7/c1-20(2)13(27-20)9-24-16-11-5-6-15(22)26-18(11)19(17-12(16)7-8-23-17)25-10-14-21(3,4)28-14/h5-8,13-14H,9-10H2,1-4H3/t13-,14+/m1/s1. The van der Waals surface area contributed by atoms with Crippen LogP contribution in [0, 0.1) is 0 Å². The van der Waals surface area contributed by atoms with Gasteiger partial charge in [-0.25, -0.2) is 4.79 Å². The highest BCUT2D eigenvalue weighted by atomic mass is 16.6. The van der Waals surface area contributed by atoms with Gasteiger partial charge in [-0.2, -0.15) is 0 Å². The number of hydrogen-bond donors (Lipinski definition) is 0. The van der Waals surface area contributed by atoms with Crippen LogP contribution >= 0.6 is 0 Å². The third-order valence-electron chi connectivity index (χ3n) is 5.49. The lowest BCUT2D eigenvalue weighted by Gasteiger charge is -2.13. The Kier molecular flexibility index (Phi) is 3.61. The second-order valence-corrected chi connectivity index (χ2v) is 8.36. The first-order chi connectivity index (χ1) is 13.3. The normalized spacial score (nSPS) is 24.4. The zero-order chi connectivity index (χ0) is 19.7. The highest BCUT2D eigenvalue weighted by Gasteiger charge is 2.49. The van der Waals surface area contributed by atoms with Crippen LogP contribution in [0.5, 0.6) is 11.5 Å². The van der Waals surface area contributed by atoms with Crippen molar-refractivity contribution in [3.8, 4) is 11.5 Å². The fourth-order valence-corrected chi connectivity index (χ4v) is 3.42. The molecule has 1 aromatic carbocycles. The van der Waals surface area contributed by atoms with Crippen molar-refractivity contribution >= 4 is 21.9 Å². The van der Waals surface area contributed by atoms with Crippen LogP contribution in [0.1, 0.15) is 27.7 Å². The molecule has 0 spiro atoms. The summed E-state index contributed by atoms with van der Waals surface area (Å²) in [5.41, 5.74) is -0.0774. The van der Waals surface area contributed by atoms with E-state index in [1.165, 1.54) is 6.07 Å². The van der Waals surface area contributed by atoms with Gasteiger partial charge in [0.1, 0.15) is 31.2 Å². The average Bonchev–Trinajstić information content (AvgIpc) is 3.32. The molecule has 2 saturated heterocycles. The zero-order valence-electron chi connectivity index (χ0n) is 16.2. The molecule has 148 valence electrons. The molecule has 0 radical (unpaired) electrons. The summed E-state index contributed by atoms with van der Waals surface area (Å²) >= 11 is 0. The summed E-state index contributed by atoms with van der Waals surface area (Å²) in [5.74, 6) is 0.971. The van der Waals surface area contributed by atoms with Crippen LogP contribution in [-0.4, -0.2) is 36.6 Å². The number of ether oxygens (including phenoxy) is 4. The highest BCUT2D eigenvalue weighted by Crippen LogP contribution is 2.45. The van der Waals surface area contributed by atoms with Crippen molar-refractivity contribution in [1.29, 1.82) is 0 Å². The summed E-state index contributed by atoms with van der Waals surface area (Å²) < 4.78 is 34.4. The Labute approximate surface area is 161 Å². The van der Waals surface area contributed by atoms with Gasteiger partial charge in [-0.15, -0.1) is 0 Å². The minimum absolute atomic E-state index is 0.0189. The summed E-state index contributed by atoms with van der Waals surface area (Å²) in [7, 11) is 0. The molecule has 4 heterocycles. The quantitative estimate of drug-likeness (QED) is 0.472. The molecular weight excluding hydrogens is 364 g/mol. The predicted molar refractivity (Wildman–Crippen MR) is 101 cm³/mol. The van der Waals surface area contributed by atoms with Gasteiger partial charge in [0.05, 0.1) is 28.2 Å². The van der Waals surface area contributed by atoms with Gasteiger partial charge in [0.15, 0.2) is 11.2 Å². The van der Waals surface area contributed by atoms with Crippen molar-refractivity contribution in [2.45, 2.75) is 51.1 Å². The molecule has 3 aromatic rings. The van der Waals surface area contributed by atoms with Crippen LogP contribution < -0.4 is 15.1 Å². The Morgan fingerprint density at radius 3 is 2.04 bits per heavy atom. The van der Waals surface area contributed by atoms with E-state index in [1.807, 2.05) is 33.8 Å². The molecule has 0 saturated carbocycles. The Bertz CT molecular complexity index is 1120. The first-order valence-electron chi connectivity index (χ1n) is 9.34. The van der Waals surface area contributed by atoms with E-state index in [1.54, 1.807) is 12.3 Å². The van der Waals surface area contributed by atoms with Crippen molar-refractivity contribution < 1.29 is 27.8 Å². The number of fused-ring (bicyclic) bond motifs is 2. The molecule has 0 N–H and O–H groups in total. The minimum Gasteiger partial charge on any atom is -0.489 e. The Morgan fingerprint density at radius 1 is 0.857 bits per heavy atom. The number of benzene rings is 1. The summed E-state index contributed by atoms with van der Waals surface area (Å²) in [6.45, 7) is 8.76. The van der Waals surface area contributed by atoms with E-state index in [2.05, 4.69) is 0 Å². The summed E-state index contributed by atoms with van der Waals surface area (Å²) in [6, 6.07) is 4.88. The second-order valence-electron chi connectivity index (χ2n) is 8.36. The Morgan fingerprint density at radius 2 is 1.43 bits per heavy atom. The van der Waals surface area contributed by atoms with Gasteiger partial charge in [0.25, 0.3) is 0 Å². The molecule has 2 aliphatic rings. The molecule has 2 fully saturated rings. The van der Waals surface area contributed by atoms with Gasteiger partial charge in [-0.1, -0.05) is 0 Å². The molecule has 28 heavy (non-hydrogen) atoms. The fraction of sp³-hybridized carbons (Fsp3) is 0.476. The Balaban J connectivity index is 1.57. The zero-order valence-corrected chi connectivity index (χ0v) is 16.2. The van der Waals surface area contributed by atoms with Gasteiger partial charge in [-0.05, 0) is 39.8 Å². The summed E-state index contributed by atoms with van der Waals surface area (Å²) in [4.78, 5) is 11.9. The van der Waals surface area contributed by atoms with E-state index in [0.29, 0.717) is 41.3 Å². The molecular formula is C21H22O7. The molecule has 7 heteroatoms. The molecule has 5 rings (SSSR count). The molecule has 2 atom stereocenters. The maximum Gasteiger partial charge on any atom is 0.336 e. The number of hydrogen-bond acceptors (Lipinski definition) is 7. The molecule has 2 aromatic heterocycles. The largest absolute Gasteiger partial charge is 0.489 e. The van der Waals surface area contributed by atoms with Crippen LogP contribution in [0.4, 0.5) is 0 Å². The topological polar surface area (TPSA) is 86.9 Å². The predicted octanol–water partition coefficient (Wildman–Crippen LogP) is 3.65. The maximum absolute atomic E-state index is 11.9. The van der Waals surface area contributed by atoms with E-state index in [9.17, 15) is 4.79 Å².